The molecule has 0 saturated carbocycles. The Morgan fingerprint density at radius 2 is 1.88 bits per heavy atom. The van der Waals surface area contributed by atoms with E-state index >= 15 is 0 Å². The Kier molecular flexibility index (Phi) is 7.10. The summed E-state index contributed by atoms with van der Waals surface area (Å²) < 4.78 is 23.4. The van der Waals surface area contributed by atoms with Gasteiger partial charge < -0.3 is 28.8 Å². The Morgan fingerprint density at radius 3 is 2.48 bits per heavy atom. The predicted octanol–water partition coefficient (Wildman–Crippen LogP) is 0.672. The number of anilines is 1. The summed E-state index contributed by atoms with van der Waals surface area (Å²) in [6.45, 7) is 3.51. The van der Waals surface area contributed by atoms with Crippen LogP contribution in [0.4, 0.5) is 5.82 Å². The van der Waals surface area contributed by atoms with Gasteiger partial charge in [-0.3, -0.25) is 14.4 Å². The van der Waals surface area contributed by atoms with Crippen LogP contribution < -0.4 is 5.32 Å². The molecule has 1 fully saturated rings. The highest BCUT2D eigenvalue weighted by atomic mass is 16.7. The first kappa shape index (κ1) is 23.5. The van der Waals surface area contributed by atoms with Crippen LogP contribution in [0, 0.1) is 23.7 Å². The van der Waals surface area contributed by atoms with Gasteiger partial charge in [0.05, 0.1) is 17.5 Å². The molecule has 0 aliphatic carbocycles. The van der Waals surface area contributed by atoms with Gasteiger partial charge in [0.25, 0.3) is 0 Å². The number of nitrogens with zero attached hydrogens (tertiary/aromatic N) is 4. The van der Waals surface area contributed by atoms with E-state index in [0.717, 1.165) is 0 Å². The maximum atomic E-state index is 11.9. The van der Waals surface area contributed by atoms with Crippen molar-refractivity contribution in [3.63, 3.8) is 0 Å². The summed E-state index contributed by atoms with van der Waals surface area (Å²) in [7, 11) is 0. The molecule has 3 rings (SSSR count). The molecule has 1 saturated heterocycles. The van der Waals surface area contributed by atoms with Gasteiger partial charge in [0.15, 0.2) is 18.4 Å². The fourth-order valence-corrected chi connectivity index (χ4v) is 3.55. The minimum atomic E-state index is -1.12. The van der Waals surface area contributed by atoms with Gasteiger partial charge in [-0.25, -0.2) is 9.97 Å². The minimum absolute atomic E-state index is 0.164. The van der Waals surface area contributed by atoms with Crippen molar-refractivity contribution in [3.05, 3.63) is 18.1 Å². The Hall–Kier alpha value is -4.16. The van der Waals surface area contributed by atoms with Gasteiger partial charge in [-0.15, -0.1) is 6.42 Å². The standard InChI is InChI=1S/C21H21N5O7/c1-5-6-23-19-16-14(7-22)8-26(20(16)25-10-24-19)21-18(32-13(4)29)17(31-12(3)28)15(33-21)9-30-11(2)27/h1,8,10,15,17-18,21H,6,9H2,2-4H3,(H,23,24,25)/t15?,17?,18-,21-/m1/s1. The number of nitrogens with one attached hydrogen (secondary N) is 1. The minimum Gasteiger partial charge on any atom is -0.463 e. The molecule has 1 N–H and O–H groups in total. The number of esters is 3. The van der Waals surface area contributed by atoms with E-state index in [9.17, 15) is 19.6 Å². The van der Waals surface area contributed by atoms with Gasteiger partial charge in [-0.2, -0.15) is 5.26 Å². The van der Waals surface area contributed by atoms with Gasteiger partial charge in [0.2, 0.25) is 0 Å². The topological polar surface area (TPSA) is 155 Å². The van der Waals surface area contributed by atoms with E-state index in [0.29, 0.717) is 11.2 Å². The van der Waals surface area contributed by atoms with Gasteiger partial charge in [-0.1, -0.05) is 5.92 Å². The van der Waals surface area contributed by atoms with Crippen molar-refractivity contribution in [1.29, 1.82) is 5.26 Å². The lowest BCUT2D eigenvalue weighted by Gasteiger charge is -2.24. The summed E-state index contributed by atoms with van der Waals surface area (Å²) in [5.74, 6) is 0.901. The largest absolute Gasteiger partial charge is 0.463 e. The van der Waals surface area contributed by atoms with Gasteiger partial charge in [0.1, 0.15) is 36.6 Å². The molecule has 1 aliphatic rings. The summed E-state index contributed by atoms with van der Waals surface area (Å²) in [5, 5.41) is 13.0. The smallest absolute Gasteiger partial charge is 0.303 e. The zero-order chi connectivity index (χ0) is 24.1. The fourth-order valence-electron chi connectivity index (χ4n) is 3.55. The molecule has 33 heavy (non-hydrogen) atoms. The summed E-state index contributed by atoms with van der Waals surface area (Å²) in [6, 6.07) is 2.07. The second kappa shape index (κ2) is 9.97. The zero-order valence-corrected chi connectivity index (χ0v) is 18.1. The number of fused-ring (bicyclic) bond motifs is 1. The summed E-state index contributed by atoms with van der Waals surface area (Å²) >= 11 is 0. The summed E-state index contributed by atoms with van der Waals surface area (Å²) in [5.41, 5.74) is 0.501. The highest BCUT2D eigenvalue weighted by Gasteiger charge is 2.51. The average molecular weight is 455 g/mol. The molecular formula is C21H21N5O7. The number of terminal acetylenes is 1. The van der Waals surface area contributed by atoms with E-state index in [1.165, 1.54) is 37.9 Å². The molecule has 12 heteroatoms. The van der Waals surface area contributed by atoms with E-state index in [4.69, 9.17) is 25.4 Å². The highest BCUT2D eigenvalue weighted by Crippen LogP contribution is 2.38. The molecule has 0 aromatic carbocycles. The zero-order valence-electron chi connectivity index (χ0n) is 18.1. The monoisotopic (exact) mass is 455 g/mol. The van der Waals surface area contributed by atoms with Crippen molar-refractivity contribution in [3.8, 4) is 18.4 Å². The summed E-state index contributed by atoms with van der Waals surface area (Å²) in [6.07, 6.45) is 3.83. The molecule has 0 radical (unpaired) electrons. The maximum Gasteiger partial charge on any atom is 0.303 e. The van der Waals surface area contributed by atoms with Crippen LogP contribution in [0.3, 0.4) is 0 Å². The van der Waals surface area contributed by atoms with Gasteiger partial charge in [0, 0.05) is 27.0 Å². The quantitative estimate of drug-likeness (QED) is 0.356. The average Bonchev–Trinajstić information content (AvgIpc) is 3.28. The maximum absolute atomic E-state index is 11.9. The number of hydrogen-bond acceptors (Lipinski definition) is 11. The predicted molar refractivity (Wildman–Crippen MR) is 111 cm³/mol. The van der Waals surface area contributed by atoms with Gasteiger partial charge >= 0.3 is 17.9 Å². The molecule has 0 amide bonds. The molecule has 4 atom stereocenters. The number of carbonyl (C=O) groups is 3. The number of nitriles is 1. The van der Waals surface area contributed by atoms with Crippen molar-refractivity contribution in [2.45, 2.75) is 45.3 Å². The fraction of sp³-hybridized carbons (Fsp3) is 0.429. The van der Waals surface area contributed by atoms with E-state index in [2.05, 4.69) is 27.3 Å². The van der Waals surface area contributed by atoms with Crippen molar-refractivity contribution < 1.29 is 33.3 Å². The highest BCUT2D eigenvalue weighted by molar-refractivity contribution is 5.93. The Labute approximate surface area is 188 Å². The molecule has 2 unspecified atom stereocenters. The summed E-state index contributed by atoms with van der Waals surface area (Å²) in [4.78, 5) is 43.3. The van der Waals surface area contributed by atoms with Crippen molar-refractivity contribution in [1.82, 2.24) is 14.5 Å². The molecule has 0 spiro atoms. The Morgan fingerprint density at radius 1 is 1.18 bits per heavy atom. The van der Waals surface area contributed by atoms with Crippen LogP contribution in [-0.2, 0) is 33.3 Å². The van der Waals surface area contributed by atoms with Crippen molar-refractivity contribution in [2.75, 3.05) is 18.5 Å². The lowest BCUT2D eigenvalue weighted by molar-refractivity contribution is -0.166. The molecule has 0 bridgehead atoms. The SMILES string of the molecule is C#CCNc1ncnc2c1c(C#N)cn2[C@@H]1OC(COC(C)=O)C(OC(C)=O)[C@H]1OC(C)=O. The van der Waals surface area contributed by atoms with E-state index in [1.807, 2.05) is 0 Å². The molecule has 1 aliphatic heterocycles. The second-order valence-electron chi connectivity index (χ2n) is 7.06. The molecular weight excluding hydrogens is 434 g/mol. The van der Waals surface area contributed by atoms with Crippen LogP contribution in [0.15, 0.2) is 12.5 Å². The Bertz CT molecular complexity index is 1160. The van der Waals surface area contributed by atoms with E-state index in [-0.39, 0.29) is 24.4 Å². The number of ether oxygens (including phenoxy) is 4. The second-order valence-corrected chi connectivity index (χ2v) is 7.06. The number of rotatable bonds is 7. The van der Waals surface area contributed by atoms with Crippen LogP contribution in [0.1, 0.15) is 32.6 Å². The van der Waals surface area contributed by atoms with Crippen LogP contribution in [-0.4, -0.2) is 63.9 Å². The van der Waals surface area contributed by atoms with Crippen molar-refractivity contribution >= 4 is 34.8 Å². The first-order chi connectivity index (χ1) is 15.8. The Balaban J connectivity index is 2.11. The third-order valence-corrected chi connectivity index (χ3v) is 4.70. The van der Waals surface area contributed by atoms with E-state index in [1.54, 1.807) is 0 Å². The molecule has 12 nitrogen and oxygen atoms in total. The molecule has 2 aromatic heterocycles. The molecule has 2 aromatic rings. The van der Waals surface area contributed by atoms with Crippen molar-refractivity contribution in [2.24, 2.45) is 0 Å². The van der Waals surface area contributed by atoms with Gasteiger partial charge in [-0.05, 0) is 0 Å². The third kappa shape index (κ3) is 5.02. The van der Waals surface area contributed by atoms with Crippen LogP contribution in [0.25, 0.3) is 11.0 Å². The lowest BCUT2D eigenvalue weighted by atomic mass is 10.1. The van der Waals surface area contributed by atoms with E-state index < -0.39 is 42.4 Å². The van der Waals surface area contributed by atoms with Crippen LogP contribution in [0.5, 0.6) is 0 Å². The van der Waals surface area contributed by atoms with Crippen LogP contribution in [0.2, 0.25) is 0 Å². The third-order valence-electron chi connectivity index (χ3n) is 4.70. The number of carbonyl (C=O) groups excluding carboxylic acids is 3. The molecule has 3 heterocycles. The number of aromatic nitrogens is 3. The molecule has 172 valence electrons. The first-order valence-corrected chi connectivity index (χ1v) is 9.83. The first-order valence-electron chi connectivity index (χ1n) is 9.83. The lowest BCUT2D eigenvalue weighted by Crippen LogP contribution is -2.40. The normalized spacial score (nSPS) is 21.6. The number of hydrogen-bond donors (Lipinski definition) is 1. The van der Waals surface area contributed by atoms with Crippen LogP contribution >= 0.6 is 0 Å².